The van der Waals surface area contributed by atoms with Gasteiger partial charge in [0.05, 0.1) is 33.2 Å². The minimum Gasteiger partial charge on any atom is -0.495 e. The van der Waals surface area contributed by atoms with E-state index in [0.717, 1.165) is 24.0 Å². The summed E-state index contributed by atoms with van der Waals surface area (Å²) < 4.78 is 8.06. The number of fused-ring (bicyclic) bond motifs is 2. The predicted molar refractivity (Wildman–Crippen MR) is 95.4 cm³/mol. The molecule has 1 aromatic heterocycles. The van der Waals surface area contributed by atoms with E-state index in [9.17, 15) is 0 Å². The molecule has 4 rings (SSSR count). The lowest BCUT2D eigenvalue weighted by atomic mass is 10.2. The van der Waals surface area contributed by atoms with Crippen LogP contribution in [0.1, 0.15) is 4.88 Å². The van der Waals surface area contributed by atoms with Crippen LogP contribution in [0.2, 0.25) is 0 Å². The van der Waals surface area contributed by atoms with Gasteiger partial charge in [-0.2, -0.15) is 0 Å². The van der Waals surface area contributed by atoms with Crippen LogP contribution in [0.15, 0.2) is 33.5 Å². The van der Waals surface area contributed by atoms with Crippen molar-refractivity contribution in [1.29, 1.82) is 0 Å². The molecule has 108 valence electrons. The quantitative estimate of drug-likeness (QED) is 0.835. The van der Waals surface area contributed by atoms with Crippen LogP contribution in [-0.2, 0) is 0 Å². The number of amidine groups is 1. The van der Waals surface area contributed by atoms with Crippen LogP contribution >= 0.6 is 34.9 Å². The highest BCUT2D eigenvalue weighted by Crippen LogP contribution is 2.49. The number of thioether (sulfide) groups is 2. The molecule has 0 fully saturated rings. The molecule has 0 N–H and O–H groups in total. The number of hydrogen-bond acceptors (Lipinski definition) is 6. The molecule has 3 heterocycles. The van der Waals surface area contributed by atoms with Crippen molar-refractivity contribution in [2.45, 2.75) is 0 Å². The molecular formula is C15H14N2OS3. The second kappa shape index (κ2) is 5.26. The van der Waals surface area contributed by atoms with Crippen molar-refractivity contribution in [3.05, 3.63) is 33.4 Å². The van der Waals surface area contributed by atoms with Crippen molar-refractivity contribution < 1.29 is 4.74 Å². The third-order valence-corrected chi connectivity index (χ3v) is 6.99. The maximum atomic E-state index is 5.49. The molecule has 21 heavy (non-hydrogen) atoms. The zero-order chi connectivity index (χ0) is 14.4. The number of methoxy groups -OCH3 is 1. The molecule has 0 saturated carbocycles. The first-order valence-electron chi connectivity index (χ1n) is 6.67. The summed E-state index contributed by atoms with van der Waals surface area (Å²) in [7, 11) is 1.73. The number of ether oxygens (including phenoxy) is 1. The van der Waals surface area contributed by atoms with Crippen molar-refractivity contribution in [1.82, 2.24) is 4.90 Å². The van der Waals surface area contributed by atoms with Crippen LogP contribution in [0, 0.1) is 0 Å². The van der Waals surface area contributed by atoms with Gasteiger partial charge >= 0.3 is 0 Å². The van der Waals surface area contributed by atoms with Gasteiger partial charge in [-0.3, -0.25) is 4.99 Å². The van der Waals surface area contributed by atoms with Gasteiger partial charge in [-0.05, 0) is 35.5 Å². The summed E-state index contributed by atoms with van der Waals surface area (Å²) in [5.41, 5.74) is 1.33. The molecule has 0 saturated heterocycles. The van der Waals surface area contributed by atoms with Crippen molar-refractivity contribution in [2.24, 2.45) is 4.99 Å². The summed E-state index contributed by atoms with van der Waals surface area (Å²) in [6, 6.07) is 8.50. The monoisotopic (exact) mass is 334 g/mol. The van der Waals surface area contributed by atoms with Gasteiger partial charge in [0.2, 0.25) is 0 Å². The van der Waals surface area contributed by atoms with Gasteiger partial charge < -0.3 is 9.64 Å². The molecule has 0 spiro atoms. The number of thiophene rings is 1. The van der Waals surface area contributed by atoms with E-state index in [1.165, 1.54) is 24.9 Å². The SMILES string of the molecule is COc1cccc2cc(C3=C(SC)SC4=NCCN43)sc12. The fourth-order valence-electron chi connectivity index (χ4n) is 2.65. The minimum absolute atomic E-state index is 0.904. The summed E-state index contributed by atoms with van der Waals surface area (Å²) in [5.74, 6) is 0.955. The Bertz CT molecular complexity index is 778. The number of nitrogens with zero attached hydrogens (tertiary/aromatic N) is 2. The second-order valence-corrected chi connectivity index (χ2v) is 7.85. The second-order valence-electron chi connectivity index (χ2n) is 4.75. The molecule has 1 aromatic carbocycles. The van der Waals surface area contributed by atoms with Crippen molar-refractivity contribution >= 4 is 55.8 Å². The van der Waals surface area contributed by atoms with Gasteiger partial charge in [0.1, 0.15) is 5.75 Å². The number of rotatable bonds is 3. The van der Waals surface area contributed by atoms with Gasteiger partial charge in [0.15, 0.2) is 5.17 Å². The Kier molecular flexibility index (Phi) is 3.40. The molecule has 0 unspecified atom stereocenters. The van der Waals surface area contributed by atoms with Crippen LogP contribution in [0.4, 0.5) is 0 Å². The van der Waals surface area contributed by atoms with Crippen molar-refractivity contribution in [2.75, 3.05) is 26.5 Å². The van der Waals surface area contributed by atoms with Crippen LogP contribution in [0.3, 0.4) is 0 Å². The fraction of sp³-hybridized carbons (Fsp3) is 0.267. The highest BCUT2D eigenvalue weighted by molar-refractivity contribution is 8.30. The summed E-state index contributed by atoms with van der Waals surface area (Å²) in [4.78, 5) is 8.25. The van der Waals surface area contributed by atoms with Gasteiger partial charge in [0, 0.05) is 6.54 Å². The van der Waals surface area contributed by atoms with E-state index in [1.807, 2.05) is 35.2 Å². The van der Waals surface area contributed by atoms with E-state index in [2.05, 4.69) is 28.3 Å². The number of hydrogen-bond donors (Lipinski definition) is 0. The Morgan fingerprint density at radius 3 is 3.10 bits per heavy atom. The Hall–Kier alpha value is -1.11. The van der Waals surface area contributed by atoms with Crippen LogP contribution < -0.4 is 4.74 Å². The maximum absolute atomic E-state index is 5.49. The van der Waals surface area contributed by atoms with E-state index < -0.39 is 0 Å². The van der Waals surface area contributed by atoms with Gasteiger partial charge in [0.25, 0.3) is 0 Å². The largest absolute Gasteiger partial charge is 0.495 e. The molecule has 6 heteroatoms. The fourth-order valence-corrected chi connectivity index (χ4v) is 5.89. The first-order chi connectivity index (χ1) is 10.3. The minimum atomic E-state index is 0.904. The Morgan fingerprint density at radius 1 is 1.38 bits per heavy atom. The number of benzene rings is 1. The molecule has 2 aliphatic heterocycles. The highest BCUT2D eigenvalue weighted by Gasteiger charge is 2.33. The molecule has 0 aliphatic carbocycles. The van der Waals surface area contributed by atoms with Gasteiger partial charge in [-0.15, -0.1) is 23.1 Å². The zero-order valence-electron chi connectivity index (χ0n) is 11.8. The lowest BCUT2D eigenvalue weighted by Crippen LogP contribution is -2.19. The van der Waals surface area contributed by atoms with E-state index >= 15 is 0 Å². The van der Waals surface area contributed by atoms with Crippen LogP contribution in [0.5, 0.6) is 5.75 Å². The zero-order valence-corrected chi connectivity index (χ0v) is 14.2. The van der Waals surface area contributed by atoms with Crippen molar-refractivity contribution in [3.63, 3.8) is 0 Å². The average molecular weight is 334 g/mol. The van der Waals surface area contributed by atoms with Gasteiger partial charge in [-0.1, -0.05) is 12.1 Å². The first kappa shape index (κ1) is 13.5. The first-order valence-corrected chi connectivity index (χ1v) is 9.52. The third kappa shape index (κ3) is 2.08. The normalized spacial score (nSPS) is 17.6. The summed E-state index contributed by atoms with van der Waals surface area (Å²) >= 11 is 5.41. The topological polar surface area (TPSA) is 24.8 Å². The molecule has 0 radical (unpaired) electrons. The van der Waals surface area contributed by atoms with Crippen molar-refractivity contribution in [3.8, 4) is 5.75 Å². The van der Waals surface area contributed by atoms with Crippen LogP contribution in [0.25, 0.3) is 15.8 Å². The molecule has 3 nitrogen and oxygen atoms in total. The Balaban J connectivity index is 1.87. The van der Waals surface area contributed by atoms with Gasteiger partial charge in [-0.25, -0.2) is 0 Å². The highest BCUT2D eigenvalue weighted by atomic mass is 32.2. The maximum Gasteiger partial charge on any atom is 0.169 e. The summed E-state index contributed by atoms with van der Waals surface area (Å²) in [5, 5.41) is 2.40. The third-order valence-electron chi connectivity index (χ3n) is 3.60. The smallest absolute Gasteiger partial charge is 0.169 e. The molecule has 0 atom stereocenters. The molecular weight excluding hydrogens is 320 g/mol. The number of aliphatic imine (C=N–C) groups is 1. The summed E-state index contributed by atoms with van der Waals surface area (Å²) in [6.07, 6.45) is 2.14. The molecule has 0 amide bonds. The average Bonchev–Trinajstić information content (AvgIpc) is 3.18. The van der Waals surface area contributed by atoms with E-state index in [1.54, 1.807) is 18.9 Å². The molecule has 2 aliphatic rings. The van der Waals surface area contributed by atoms with E-state index in [4.69, 9.17) is 4.74 Å². The Morgan fingerprint density at radius 2 is 2.29 bits per heavy atom. The predicted octanol–water partition coefficient (Wildman–Crippen LogP) is 4.32. The van der Waals surface area contributed by atoms with E-state index in [-0.39, 0.29) is 0 Å². The molecule has 0 bridgehead atoms. The Labute approximate surface area is 136 Å². The summed E-state index contributed by atoms with van der Waals surface area (Å²) in [6.45, 7) is 1.90. The van der Waals surface area contributed by atoms with E-state index in [0.29, 0.717) is 0 Å². The lowest BCUT2D eigenvalue weighted by Gasteiger charge is -2.15. The van der Waals surface area contributed by atoms with Crippen LogP contribution in [-0.4, -0.2) is 36.5 Å². The molecule has 2 aromatic rings. The lowest BCUT2D eigenvalue weighted by molar-refractivity contribution is 0.420. The standard InChI is InChI=1S/C15H14N2OS3/c1-18-10-5-3-4-9-8-11(20-13(9)10)12-14(19-2)21-15-16-6-7-17(12)15/h3-5,8H,6-7H2,1-2H3.